The maximum Gasteiger partial charge on any atom is 0.342 e. The molecule has 1 aromatic heterocycles. The number of hydrogen-bond donors (Lipinski definition) is 2. The fraction of sp³-hybridized carbons (Fsp3) is 0.286. The summed E-state index contributed by atoms with van der Waals surface area (Å²) in [5.41, 5.74) is 8.23. The molecule has 0 amide bonds. The Kier molecular flexibility index (Phi) is 4.34. The van der Waals surface area contributed by atoms with Crippen molar-refractivity contribution in [2.45, 2.75) is 25.4 Å². The van der Waals surface area contributed by atoms with Crippen molar-refractivity contribution in [2.75, 3.05) is 11.5 Å². The van der Waals surface area contributed by atoms with Crippen LogP contribution in [-0.4, -0.2) is 26.6 Å². The average molecular weight is 291 g/mol. The molecule has 3 N–H and O–H groups in total. The summed E-state index contributed by atoms with van der Waals surface area (Å²) < 4.78 is 1.55. The number of aromatic nitrogens is 2. The minimum atomic E-state index is -1.03. The molecular formula is C14H17N3O2S. The van der Waals surface area contributed by atoms with Crippen molar-refractivity contribution in [3.8, 4) is 0 Å². The monoisotopic (exact) mass is 291 g/mol. The number of anilines is 1. The average Bonchev–Trinajstić information content (AvgIpc) is 2.69. The quantitative estimate of drug-likeness (QED) is 0.828. The van der Waals surface area contributed by atoms with Crippen LogP contribution < -0.4 is 5.73 Å². The summed E-state index contributed by atoms with van der Waals surface area (Å²) in [7, 11) is 0. The standard InChI is InChI=1S/C14H17N3O2S/c1-3-20-13-11(14(18)19)12(15)17(16-13)8-10-6-4-9(2)5-7-10/h4-7H,3,8,15H2,1-2H3,(H,18,19). The molecular weight excluding hydrogens is 274 g/mol. The Bertz CT molecular complexity index is 620. The zero-order valence-electron chi connectivity index (χ0n) is 11.5. The van der Waals surface area contributed by atoms with Crippen LogP contribution in [0, 0.1) is 6.92 Å². The van der Waals surface area contributed by atoms with Crippen LogP contribution in [0.15, 0.2) is 29.3 Å². The molecule has 0 radical (unpaired) electrons. The molecule has 0 unspecified atom stereocenters. The van der Waals surface area contributed by atoms with Gasteiger partial charge in [-0.25, -0.2) is 9.48 Å². The first-order chi connectivity index (χ1) is 9.52. The third kappa shape index (κ3) is 2.96. The molecule has 2 rings (SSSR count). The minimum absolute atomic E-state index is 0.101. The molecule has 0 bridgehead atoms. The lowest BCUT2D eigenvalue weighted by Crippen LogP contribution is -2.08. The number of carboxylic acid groups (broad SMARTS) is 1. The highest BCUT2D eigenvalue weighted by atomic mass is 32.2. The van der Waals surface area contributed by atoms with Crippen molar-refractivity contribution in [3.05, 3.63) is 41.0 Å². The van der Waals surface area contributed by atoms with Gasteiger partial charge in [0.2, 0.25) is 0 Å². The Balaban J connectivity index is 2.34. The SMILES string of the molecule is CCSc1nn(Cc2ccc(C)cc2)c(N)c1C(=O)O. The topological polar surface area (TPSA) is 81.1 Å². The molecule has 0 saturated carbocycles. The molecule has 20 heavy (non-hydrogen) atoms. The zero-order chi connectivity index (χ0) is 14.7. The maximum atomic E-state index is 11.3. The van der Waals surface area contributed by atoms with Crippen LogP contribution in [0.4, 0.5) is 5.82 Å². The highest BCUT2D eigenvalue weighted by Gasteiger charge is 2.21. The van der Waals surface area contributed by atoms with E-state index in [-0.39, 0.29) is 11.4 Å². The number of carbonyl (C=O) groups is 1. The third-order valence-electron chi connectivity index (χ3n) is 2.91. The Morgan fingerprint density at radius 1 is 1.40 bits per heavy atom. The van der Waals surface area contributed by atoms with Gasteiger partial charge in [-0.1, -0.05) is 36.8 Å². The number of benzene rings is 1. The summed E-state index contributed by atoms with van der Waals surface area (Å²) in [6.45, 7) is 4.44. The molecule has 1 aromatic carbocycles. The molecule has 0 aliphatic heterocycles. The molecule has 5 nitrogen and oxygen atoms in total. The number of aromatic carboxylic acids is 1. The highest BCUT2D eigenvalue weighted by Crippen LogP contribution is 2.26. The molecule has 0 atom stereocenters. The molecule has 0 spiro atoms. The predicted octanol–water partition coefficient (Wildman–Crippen LogP) is 2.63. The summed E-state index contributed by atoms with van der Waals surface area (Å²) >= 11 is 1.39. The number of thioether (sulfide) groups is 1. The maximum absolute atomic E-state index is 11.3. The zero-order valence-corrected chi connectivity index (χ0v) is 12.3. The number of nitrogen functional groups attached to an aromatic ring is 1. The van der Waals surface area contributed by atoms with Gasteiger partial charge in [0, 0.05) is 0 Å². The lowest BCUT2D eigenvalue weighted by molar-refractivity contribution is 0.0694. The minimum Gasteiger partial charge on any atom is -0.477 e. The van der Waals surface area contributed by atoms with Crippen molar-refractivity contribution in [1.82, 2.24) is 9.78 Å². The van der Waals surface area contributed by atoms with Crippen LogP contribution in [0.5, 0.6) is 0 Å². The Hall–Kier alpha value is -1.95. The summed E-state index contributed by atoms with van der Waals surface area (Å²) in [4.78, 5) is 11.3. The molecule has 2 aromatic rings. The number of nitrogens with zero attached hydrogens (tertiary/aromatic N) is 2. The summed E-state index contributed by atoms with van der Waals surface area (Å²) in [5, 5.41) is 14.0. The predicted molar refractivity (Wildman–Crippen MR) is 80.3 cm³/mol. The largest absolute Gasteiger partial charge is 0.477 e. The molecule has 6 heteroatoms. The summed E-state index contributed by atoms with van der Waals surface area (Å²) in [6.07, 6.45) is 0. The van der Waals surface area contributed by atoms with Gasteiger partial charge in [0.25, 0.3) is 0 Å². The van der Waals surface area contributed by atoms with Crippen molar-refractivity contribution >= 4 is 23.5 Å². The number of nitrogens with two attached hydrogens (primary N) is 1. The second-order valence-corrected chi connectivity index (χ2v) is 5.70. The molecule has 0 aliphatic rings. The first-order valence-electron chi connectivity index (χ1n) is 6.30. The van der Waals surface area contributed by atoms with Crippen LogP contribution in [0.2, 0.25) is 0 Å². The van der Waals surface area contributed by atoms with E-state index in [0.717, 1.165) is 11.3 Å². The van der Waals surface area contributed by atoms with Gasteiger partial charge in [-0.05, 0) is 18.2 Å². The van der Waals surface area contributed by atoms with E-state index in [4.69, 9.17) is 5.73 Å². The van der Waals surface area contributed by atoms with Gasteiger partial charge in [-0.3, -0.25) is 0 Å². The Labute approximate surface area is 121 Å². The van der Waals surface area contributed by atoms with Crippen LogP contribution in [0.1, 0.15) is 28.4 Å². The van der Waals surface area contributed by atoms with Gasteiger partial charge in [0.15, 0.2) is 0 Å². The van der Waals surface area contributed by atoms with E-state index in [1.54, 1.807) is 4.68 Å². The van der Waals surface area contributed by atoms with Gasteiger partial charge in [-0.2, -0.15) is 5.10 Å². The fourth-order valence-electron chi connectivity index (χ4n) is 1.88. The Morgan fingerprint density at radius 2 is 2.05 bits per heavy atom. The summed E-state index contributed by atoms with van der Waals surface area (Å²) in [6, 6.07) is 8.00. The molecule has 0 saturated heterocycles. The molecule has 0 aliphatic carbocycles. The van der Waals surface area contributed by atoms with Gasteiger partial charge < -0.3 is 10.8 Å². The van der Waals surface area contributed by atoms with Crippen LogP contribution in [-0.2, 0) is 6.54 Å². The highest BCUT2D eigenvalue weighted by molar-refractivity contribution is 7.99. The van der Waals surface area contributed by atoms with Crippen LogP contribution in [0.3, 0.4) is 0 Å². The van der Waals surface area contributed by atoms with E-state index < -0.39 is 5.97 Å². The lowest BCUT2D eigenvalue weighted by atomic mass is 10.1. The molecule has 1 heterocycles. The van der Waals surface area contributed by atoms with Crippen LogP contribution >= 0.6 is 11.8 Å². The summed E-state index contributed by atoms with van der Waals surface area (Å²) in [5.74, 6) is -0.0796. The second kappa shape index (κ2) is 6.00. The van der Waals surface area contributed by atoms with Crippen LogP contribution in [0.25, 0.3) is 0 Å². The molecule has 106 valence electrons. The first kappa shape index (κ1) is 14.5. The number of carboxylic acids is 1. The number of aryl methyl sites for hydroxylation is 1. The smallest absolute Gasteiger partial charge is 0.342 e. The van der Waals surface area contributed by atoms with E-state index >= 15 is 0 Å². The van der Waals surface area contributed by atoms with E-state index in [2.05, 4.69) is 5.10 Å². The van der Waals surface area contributed by atoms with E-state index in [9.17, 15) is 9.90 Å². The lowest BCUT2D eigenvalue weighted by Gasteiger charge is -2.04. The van der Waals surface area contributed by atoms with Crippen molar-refractivity contribution in [3.63, 3.8) is 0 Å². The first-order valence-corrected chi connectivity index (χ1v) is 7.29. The van der Waals surface area contributed by atoms with E-state index in [1.807, 2.05) is 38.1 Å². The van der Waals surface area contributed by atoms with Gasteiger partial charge in [0.1, 0.15) is 16.4 Å². The third-order valence-corrected chi connectivity index (χ3v) is 3.76. The Morgan fingerprint density at radius 3 is 2.60 bits per heavy atom. The van der Waals surface area contributed by atoms with Gasteiger partial charge in [-0.15, -0.1) is 11.8 Å². The van der Waals surface area contributed by atoms with Crippen molar-refractivity contribution < 1.29 is 9.90 Å². The normalized spacial score (nSPS) is 10.7. The van der Waals surface area contributed by atoms with Gasteiger partial charge >= 0.3 is 5.97 Å². The number of rotatable bonds is 5. The van der Waals surface area contributed by atoms with Gasteiger partial charge in [0.05, 0.1) is 6.54 Å². The van der Waals surface area contributed by atoms with E-state index in [1.165, 1.54) is 17.3 Å². The molecule has 0 fully saturated rings. The number of hydrogen-bond acceptors (Lipinski definition) is 4. The van der Waals surface area contributed by atoms with Crippen molar-refractivity contribution in [1.29, 1.82) is 0 Å². The fourth-order valence-corrected chi connectivity index (χ4v) is 2.64. The van der Waals surface area contributed by atoms with Crippen molar-refractivity contribution in [2.24, 2.45) is 0 Å². The second-order valence-electron chi connectivity index (χ2n) is 4.45. The van der Waals surface area contributed by atoms with E-state index in [0.29, 0.717) is 11.6 Å².